The quantitative estimate of drug-likeness (QED) is 0.883. The fourth-order valence-electron chi connectivity index (χ4n) is 4.68. The number of amides is 1. The zero-order valence-corrected chi connectivity index (χ0v) is 11.9. The summed E-state index contributed by atoms with van der Waals surface area (Å²) in [4.78, 5) is 12.2. The molecular formula is C17H22N2O. The van der Waals surface area contributed by atoms with Gasteiger partial charge in [0.25, 0.3) is 0 Å². The lowest BCUT2D eigenvalue weighted by molar-refractivity contribution is -0.117. The van der Waals surface area contributed by atoms with Gasteiger partial charge in [-0.15, -0.1) is 0 Å². The first-order chi connectivity index (χ1) is 9.74. The van der Waals surface area contributed by atoms with Gasteiger partial charge in [-0.1, -0.05) is 18.2 Å². The van der Waals surface area contributed by atoms with Crippen molar-refractivity contribution in [3.8, 4) is 0 Å². The summed E-state index contributed by atoms with van der Waals surface area (Å²) in [7, 11) is 0. The van der Waals surface area contributed by atoms with Crippen LogP contribution in [0.5, 0.6) is 0 Å². The van der Waals surface area contributed by atoms with Crippen LogP contribution >= 0.6 is 0 Å². The maximum absolute atomic E-state index is 12.2. The molecule has 5 unspecified atom stereocenters. The number of carbonyl (C=O) groups is 1. The van der Waals surface area contributed by atoms with Gasteiger partial charge >= 0.3 is 0 Å². The van der Waals surface area contributed by atoms with Gasteiger partial charge in [0.1, 0.15) is 0 Å². The highest BCUT2D eigenvalue weighted by Gasteiger charge is 2.65. The van der Waals surface area contributed by atoms with E-state index in [1.165, 1.54) is 19.3 Å². The Labute approximate surface area is 120 Å². The Morgan fingerprint density at radius 3 is 2.45 bits per heavy atom. The predicted octanol–water partition coefficient (Wildman–Crippen LogP) is 2.65. The topological polar surface area (TPSA) is 41.1 Å². The van der Waals surface area contributed by atoms with Crippen LogP contribution in [0.25, 0.3) is 0 Å². The molecule has 3 fully saturated rings. The highest BCUT2D eigenvalue weighted by atomic mass is 16.2. The summed E-state index contributed by atoms with van der Waals surface area (Å²) < 4.78 is 0. The number of carbonyl (C=O) groups excluding carboxylic acids is 1. The molecule has 3 saturated carbocycles. The third-order valence-electron chi connectivity index (χ3n) is 5.61. The number of rotatable bonds is 4. The summed E-state index contributed by atoms with van der Waals surface area (Å²) >= 11 is 0. The molecule has 0 heterocycles. The summed E-state index contributed by atoms with van der Waals surface area (Å²) in [5, 5.41) is 6.54. The highest BCUT2D eigenvalue weighted by molar-refractivity contribution is 5.94. The van der Waals surface area contributed by atoms with E-state index in [2.05, 4.69) is 10.6 Å². The van der Waals surface area contributed by atoms with Gasteiger partial charge in [-0.25, -0.2) is 0 Å². The Balaban J connectivity index is 1.33. The molecule has 3 nitrogen and oxygen atoms in total. The van der Waals surface area contributed by atoms with Gasteiger partial charge in [0.15, 0.2) is 0 Å². The largest absolute Gasteiger partial charge is 0.325 e. The Hall–Kier alpha value is -1.35. The molecule has 1 aromatic rings. The fraction of sp³-hybridized carbons (Fsp3) is 0.588. The van der Waals surface area contributed by atoms with Gasteiger partial charge in [-0.3, -0.25) is 4.79 Å². The lowest BCUT2D eigenvalue weighted by Crippen LogP contribution is -2.41. The van der Waals surface area contributed by atoms with Gasteiger partial charge in [-0.2, -0.15) is 0 Å². The summed E-state index contributed by atoms with van der Waals surface area (Å²) in [6, 6.07) is 10.2. The molecule has 2 bridgehead atoms. The lowest BCUT2D eigenvalue weighted by atomic mass is 10.0. The second-order valence-electron chi connectivity index (χ2n) is 6.76. The molecule has 0 saturated heterocycles. The van der Waals surface area contributed by atoms with Crippen molar-refractivity contribution < 1.29 is 4.79 Å². The smallest absolute Gasteiger partial charge is 0.241 e. The molecule has 1 amide bonds. The van der Waals surface area contributed by atoms with Crippen molar-refractivity contribution in [2.45, 2.75) is 38.3 Å². The van der Waals surface area contributed by atoms with E-state index < -0.39 is 0 Å². The first-order valence-electron chi connectivity index (χ1n) is 7.86. The Kier molecular flexibility index (Phi) is 2.84. The molecular weight excluding hydrogens is 248 g/mol. The normalized spacial score (nSPS) is 38.4. The summed E-state index contributed by atoms with van der Waals surface area (Å²) in [6.45, 7) is 1.98. The van der Waals surface area contributed by atoms with E-state index in [0.29, 0.717) is 6.04 Å². The van der Waals surface area contributed by atoms with Gasteiger partial charge in [0, 0.05) is 11.7 Å². The van der Waals surface area contributed by atoms with Crippen molar-refractivity contribution in [1.29, 1.82) is 0 Å². The fourth-order valence-corrected chi connectivity index (χ4v) is 4.68. The number of fused-ring (bicyclic) bond motifs is 5. The van der Waals surface area contributed by atoms with Crippen molar-refractivity contribution in [3.63, 3.8) is 0 Å². The Morgan fingerprint density at radius 2 is 1.80 bits per heavy atom. The van der Waals surface area contributed by atoms with Crippen LogP contribution in [0.3, 0.4) is 0 Å². The van der Waals surface area contributed by atoms with E-state index in [1.54, 1.807) is 0 Å². The van der Waals surface area contributed by atoms with E-state index in [4.69, 9.17) is 0 Å². The molecule has 4 rings (SSSR count). The van der Waals surface area contributed by atoms with Crippen molar-refractivity contribution in [2.75, 3.05) is 5.32 Å². The van der Waals surface area contributed by atoms with Gasteiger partial charge in [-0.05, 0) is 62.0 Å². The number of para-hydroxylation sites is 1. The molecule has 5 atom stereocenters. The van der Waals surface area contributed by atoms with Crippen molar-refractivity contribution in [2.24, 2.45) is 23.7 Å². The zero-order valence-electron chi connectivity index (χ0n) is 11.9. The van der Waals surface area contributed by atoms with E-state index in [9.17, 15) is 4.79 Å². The van der Waals surface area contributed by atoms with Crippen molar-refractivity contribution >= 4 is 11.6 Å². The van der Waals surface area contributed by atoms with E-state index in [1.807, 2.05) is 37.3 Å². The summed E-state index contributed by atoms with van der Waals surface area (Å²) in [5.74, 6) is 3.73. The first kappa shape index (κ1) is 12.4. The van der Waals surface area contributed by atoms with Crippen LogP contribution in [0.1, 0.15) is 26.2 Å². The summed E-state index contributed by atoms with van der Waals surface area (Å²) in [5.41, 5.74) is 0.877. The Bertz CT molecular complexity index is 499. The minimum absolute atomic E-state index is 0.0773. The second-order valence-corrected chi connectivity index (χ2v) is 6.76. The van der Waals surface area contributed by atoms with Gasteiger partial charge in [0.05, 0.1) is 6.04 Å². The average Bonchev–Trinajstić information content (AvgIpc) is 2.84. The number of benzene rings is 1. The van der Waals surface area contributed by atoms with Crippen LogP contribution in [0.4, 0.5) is 5.69 Å². The first-order valence-corrected chi connectivity index (χ1v) is 7.86. The van der Waals surface area contributed by atoms with Crippen molar-refractivity contribution in [3.05, 3.63) is 30.3 Å². The van der Waals surface area contributed by atoms with E-state index in [0.717, 1.165) is 29.4 Å². The molecule has 1 aromatic carbocycles. The van der Waals surface area contributed by atoms with Crippen LogP contribution in [-0.2, 0) is 4.79 Å². The number of anilines is 1. The standard InChI is InChI=1S/C17H22N2O/c1-10(17(20)19-13-5-3-2-4-6-13)18-16-14-11-7-8-12(9-11)15(14)16/h2-6,10-12,14-16,18H,7-9H2,1H3,(H,19,20). The molecule has 2 N–H and O–H groups in total. The number of hydrogen-bond donors (Lipinski definition) is 2. The molecule has 106 valence electrons. The number of nitrogens with one attached hydrogen (secondary N) is 2. The minimum atomic E-state index is -0.106. The molecule has 0 radical (unpaired) electrons. The molecule has 3 aliphatic carbocycles. The monoisotopic (exact) mass is 270 g/mol. The third kappa shape index (κ3) is 1.96. The maximum Gasteiger partial charge on any atom is 0.241 e. The van der Waals surface area contributed by atoms with Crippen LogP contribution in [-0.4, -0.2) is 18.0 Å². The highest BCUT2D eigenvalue weighted by Crippen LogP contribution is 2.65. The average molecular weight is 270 g/mol. The molecule has 3 aliphatic rings. The minimum Gasteiger partial charge on any atom is -0.325 e. The molecule has 0 aliphatic heterocycles. The van der Waals surface area contributed by atoms with Gasteiger partial charge in [0.2, 0.25) is 5.91 Å². The lowest BCUT2D eigenvalue weighted by Gasteiger charge is -2.17. The molecule has 20 heavy (non-hydrogen) atoms. The van der Waals surface area contributed by atoms with E-state index in [-0.39, 0.29) is 11.9 Å². The van der Waals surface area contributed by atoms with Crippen LogP contribution < -0.4 is 10.6 Å². The third-order valence-corrected chi connectivity index (χ3v) is 5.61. The van der Waals surface area contributed by atoms with Crippen LogP contribution in [0.15, 0.2) is 30.3 Å². The van der Waals surface area contributed by atoms with Crippen molar-refractivity contribution in [1.82, 2.24) is 5.32 Å². The number of hydrogen-bond acceptors (Lipinski definition) is 2. The SMILES string of the molecule is CC(NC1C2C3CCC(C3)C12)C(=O)Nc1ccccc1. The predicted molar refractivity (Wildman–Crippen MR) is 79.3 cm³/mol. The maximum atomic E-state index is 12.2. The Morgan fingerprint density at radius 1 is 1.15 bits per heavy atom. The summed E-state index contributed by atoms with van der Waals surface area (Å²) in [6.07, 6.45) is 4.31. The second kappa shape index (κ2) is 4.59. The molecule has 0 spiro atoms. The van der Waals surface area contributed by atoms with Crippen LogP contribution in [0.2, 0.25) is 0 Å². The molecule has 0 aromatic heterocycles. The van der Waals surface area contributed by atoms with Crippen LogP contribution in [0, 0.1) is 23.7 Å². The van der Waals surface area contributed by atoms with E-state index >= 15 is 0 Å². The zero-order chi connectivity index (χ0) is 13.7. The van der Waals surface area contributed by atoms with Gasteiger partial charge < -0.3 is 10.6 Å². The molecule has 3 heteroatoms.